The second kappa shape index (κ2) is 4.99. The molecule has 4 nitrogen and oxygen atoms in total. The van der Waals surface area contributed by atoms with E-state index >= 15 is 0 Å². The van der Waals surface area contributed by atoms with Crippen LogP contribution in [0.2, 0.25) is 0 Å². The summed E-state index contributed by atoms with van der Waals surface area (Å²) in [6.45, 7) is 10.5. The first-order chi connectivity index (χ1) is 8.77. The van der Waals surface area contributed by atoms with Crippen LogP contribution in [0.1, 0.15) is 58.3 Å². The van der Waals surface area contributed by atoms with Crippen LogP contribution in [0, 0.1) is 12.8 Å². The lowest BCUT2D eigenvalue weighted by molar-refractivity contribution is 0.545. The first-order valence-corrected chi connectivity index (χ1v) is 7.18. The lowest BCUT2D eigenvalue weighted by Gasteiger charge is -2.21. The number of rotatable bonds is 4. The summed E-state index contributed by atoms with van der Waals surface area (Å²) in [5.41, 5.74) is 6.89. The van der Waals surface area contributed by atoms with Gasteiger partial charge in [-0.3, -0.25) is 0 Å². The maximum absolute atomic E-state index is 6.02. The summed E-state index contributed by atoms with van der Waals surface area (Å²) in [6, 6.07) is 0.438. The fraction of sp³-hybridized carbons (Fsp3) is 0.733. The highest BCUT2D eigenvalue weighted by Crippen LogP contribution is 2.34. The molecule has 1 aromatic rings. The molecule has 1 aliphatic carbocycles. The van der Waals surface area contributed by atoms with Crippen molar-refractivity contribution in [3.05, 3.63) is 11.4 Å². The van der Waals surface area contributed by atoms with Crippen molar-refractivity contribution in [2.45, 2.75) is 65.3 Å². The lowest BCUT2D eigenvalue weighted by atomic mass is 9.95. The Morgan fingerprint density at radius 2 is 1.95 bits per heavy atom. The van der Waals surface area contributed by atoms with E-state index in [1.807, 2.05) is 6.92 Å². The van der Waals surface area contributed by atoms with E-state index in [0.717, 1.165) is 23.1 Å². The maximum atomic E-state index is 6.02. The molecule has 1 saturated carbocycles. The molecule has 19 heavy (non-hydrogen) atoms. The minimum Gasteiger partial charge on any atom is -0.383 e. The molecule has 0 radical (unpaired) electrons. The van der Waals surface area contributed by atoms with Crippen LogP contribution in [0.3, 0.4) is 0 Å². The molecule has 1 heterocycles. The van der Waals surface area contributed by atoms with E-state index in [1.54, 1.807) is 0 Å². The minimum absolute atomic E-state index is 0.0853. The van der Waals surface area contributed by atoms with Gasteiger partial charge in [0.1, 0.15) is 17.5 Å². The molecule has 1 aliphatic rings. The maximum Gasteiger partial charge on any atom is 0.138 e. The van der Waals surface area contributed by atoms with Gasteiger partial charge in [-0.1, -0.05) is 33.6 Å². The monoisotopic (exact) mass is 262 g/mol. The first-order valence-electron chi connectivity index (χ1n) is 7.18. The van der Waals surface area contributed by atoms with Crippen molar-refractivity contribution in [1.82, 2.24) is 9.97 Å². The van der Waals surface area contributed by atoms with Gasteiger partial charge in [-0.2, -0.15) is 0 Å². The van der Waals surface area contributed by atoms with Crippen LogP contribution in [0.5, 0.6) is 0 Å². The van der Waals surface area contributed by atoms with Gasteiger partial charge in [0, 0.05) is 17.0 Å². The predicted octanol–water partition coefficient (Wildman–Crippen LogP) is 3.27. The molecule has 1 unspecified atom stereocenters. The van der Waals surface area contributed by atoms with Crippen molar-refractivity contribution < 1.29 is 0 Å². The van der Waals surface area contributed by atoms with E-state index in [2.05, 4.69) is 43.0 Å². The van der Waals surface area contributed by atoms with E-state index < -0.39 is 0 Å². The minimum atomic E-state index is -0.0853. The third kappa shape index (κ3) is 3.58. The summed E-state index contributed by atoms with van der Waals surface area (Å²) >= 11 is 0. The number of nitrogens with two attached hydrogens (primary N) is 1. The van der Waals surface area contributed by atoms with E-state index in [1.165, 1.54) is 19.3 Å². The third-order valence-corrected chi connectivity index (χ3v) is 3.62. The van der Waals surface area contributed by atoms with Gasteiger partial charge in [0.2, 0.25) is 0 Å². The molecular weight excluding hydrogens is 236 g/mol. The zero-order chi connectivity index (χ0) is 14.2. The third-order valence-electron chi connectivity index (χ3n) is 3.62. The van der Waals surface area contributed by atoms with Gasteiger partial charge < -0.3 is 11.1 Å². The molecule has 1 aromatic heterocycles. The van der Waals surface area contributed by atoms with Crippen LogP contribution in [0.15, 0.2) is 0 Å². The lowest BCUT2D eigenvalue weighted by Crippen LogP contribution is -2.22. The SMILES string of the molecule is Cc1c(N)nc(C(C)(C)C)nc1NC(C)CC1CC1. The van der Waals surface area contributed by atoms with Crippen molar-refractivity contribution in [1.29, 1.82) is 0 Å². The largest absolute Gasteiger partial charge is 0.383 e. The number of nitrogen functional groups attached to an aromatic ring is 1. The molecule has 0 amide bonds. The summed E-state index contributed by atoms with van der Waals surface area (Å²) in [5, 5.41) is 3.50. The van der Waals surface area contributed by atoms with Crippen LogP contribution in [0.25, 0.3) is 0 Å². The Morgan fingerprint density at radius 1 is 1.32 bits per heavy atom. The van der Waals surface area contributed by atoms with Gasteiger partial charge in [-0.05, 0) is 26.2 Å². The number of hydrogen-bond acceptors (Lipinski definition) is 4. The number of nitrogens with one attached hydrogen (secondary N) is 1. The van der Waals surface area contributed by atoms with Crippen molar-refractivity contribution in [2.24, 2.45) is 5.92 Å². The van der Waals surface area contributed by atoms with Gasteiger partial charge in [0.15, 0.2) is 0 Å². The van der Waals surface area contributed by atoms with E-state index in [9.17, 15) is 0 Å². The quantitative estimate of drug-likeness (QED) is 0.874. The average molecular weight is 262 g/mol. The number of nitrogens with zero attached hydrogens (tertiary/aromatic N) is 2. The molecule has 1 fully saturated rings. The van der Waals surface area contributed by atoms with Crippen molar-refractivity contribution in [2.75, 3.05) is 11.1 Å². The molecule has 0 aliphatic heterocycles. The van der Waals surface area contributed by atoms with E-state index in [4.69, 9.17) is 5.73 Å². The zero-order valence-electron chi connectivity index (χ0n) is 12.7. The fourth-order valence-electron chi connectivity index (χ4n) is 2.16. The normalized spacial score (nSPS) is 17.3. The molecule has 0 bridgehead atoms. The summed E-state index contributed by atoms with van der Waals surface area (Å²) in [7, 11) is 0. The van der Waals surface area contributed by atoms with Crippen molar-refractivity contribution >= 4 is 11.6 Å². The second-order valence-electron chi connectivity index (χ2n) is 6.88. The molecule has 106 valence electrons. The Kier molecular flexibility index (Phi) is 3.70. The highest BCUT2D eigenvalue weighted by molar-refractivity contribution is 5.55. The van der Waals surface area contributed by atoms with E-state index in [0.29, 0.717) is 11.9 Å². The Labute approximate surface area is 116 Å². The Morgan fingerprint density at radius 3 is 2.47 bits per heavy atom. The standard InChI is InChI=1S/C15H26N4/c1-9(8-11-6-7-11)17-13-10(2)12(16)18-14(19-13)15(3,4)5/h9,11H,6-8H2,1-5H3,(H3,16,17,18,19). The average Bonchev–Trinajstić information content (AvgIpc) is 3.06. The number of hydrogen-bond donors (Lipinski definition) is 2. The van der Waals surface area contributed by atoms with Crippen LogP contribution in [-0.4, -0.2) is 16.0 Å². The van der Waals surface area contributed by atoms with Crippen molar-refractivity contribution in [3.63, 3.8) is 0 Å². The molecule has 3 N–H and O–H groups in total. The Balaban J connectivity index is 2.20. The molecule has 0 saturated heterocycles. The molecule has 0 aromatic carbocycles. The van der Waals surface area contributed by atoms with E-state index in [-0.39, 0.29) is 5.41 Å². The number of anilines is 2. The summed E-state index contributed by atoms with van der Waals surface area (Å²) in [6.07, 6.45) is 3.97. The topological polar surface area (TPSA) is 63.8 Å². The zero-order valence-corrected chi connectivity index (χ0v) is 12.7. The summed E-state index contributed by atoms with van der Waals surface area (Å²) < 4.78 is 0. The van der Waals surface area contributed by atoms with Crippen LogP contribution < -0.4 is 11.1 Å². The number of aromatic nitrogens is 2. The van der Waals surface area contributed by atoms with Crippen LogP contribution >= 0.6 is 0 Å². The molecule has 1 atom stereocenters. The van der Waals surface area contributed by atoms with Crippen molar-refractivity contribution in [3.8, 4) is 0 Å². The van der Waals surface area contributed by atoms with Crippen LogP contribution in [-0.2, 0) is 5.41 Å². The smallest absolute Gasteiger partial charge is 0.138 e. The molecule has 2 rings (SSSR count). The highest BCUT2D eigenvalue weighted by Gasteiger charge is 2.25. The van der Waals surface area contributed by atoms with Gasteiger partial charge in [-0.25, -0.2) is 9.97 Å². The Bertz CT molecular complexity index is 458. The molecule has 0 spiro atoms. The molecular formula is C15H26N4. The van der Waals surface area contributed by atoms with Gasteiger partial charge in [0.25, 0.3) is 0 Å². The summed E-state index contributed by atoms with van der Waals surface area (Å²) in [4.78, 5) is 9.08. The fourth-order valence-corrected chi connectivity index (χ4v) is 2.16. The van der Waals surface area contributed by atoms with Gasteiger partial charge in [-0.15, -0.1) is 0 Å². The Hall–Kier alpha value is -1.32. The van der Waals surface area contributed by atoms with Crippen LogP contribution in [0.4, 0.5) is 11.6 Å². The predicted molar refractivity (Wildman–Crippen MR) is 80.3 cm³/mol. The molecule has 4 heteroatoms. The van der Waals surface area contributed by atoms with Gasteiger partial charge in [0.05, 0.1) is 0 Å². The highest BCUT2D eigenvalue weighted by atomic mass is 15.1. The summed E-state index contributed by atoms with van der Waals surface area (Å²) in [5.74, 6) is 3.19. The van der Waals surface area contributed by atoms with Gasteiger partial charge >= 0.3 is 0 Å². The first kappa shape index (κ1) is 14.1. The second-order valence-corrected chi connectivity index (χ2v) is 6.88.